The van der Waals surface area contributed by atoms with Gasteiger partial charge in [0.05, 0.1) is 37.3 Å². The number of anilines is 1. The summed E-state index contributed by atoms with van der Waals surface area (Å²) < 4.78 is 14.7. The number of nitrogens with one attached hydrogen (secondary N) is 1. The highest BCUT2D eigenvalue weighted by Gasteiger charge is 2.25. The Morgan fingerprint density at radius 1 is 1.33 bits per heavy atom. The van der Waals surface area contributed by atoms with Gasteiger partial charge in [-0.25, -0.2) is 9.97 Å². The first-order valence-electron chi connectivity index (χ1n) is 10.2. The van der Waals surface area contributed by atoms with Gasteiger partial charge in [-0.15, -0.1) is 5.10 Å². The maximum Gasteiger partial charge on any atom is 0.263 e. The minimum Gasteiger partial charge on any atom is -0.479 e. The van der Waals surface area contributed by atoms with Crippen LogP contribution in [0.1, 0.15) is 48.0 Å². The molecule has 3 aromatic rings. The van der Waals surface area contributed by atoms with E-state index < -0.39 is 0 Å². The van der Waals surface area contributed by atoms with Crippen LogP contribution < -0.4 is 10.1 Å². The normalized spacial score (nSPS) is 20.3. The fraction of sp³-hybridized carbons (Fsp3) is 0.429. The number of ether oxygens (including phenoxy) is 2. The molecule has 0 aliphatic carbocycles. The minimum absolute atomic E-state index is 0.118. The second kappa shape index (κ2) is 7.56. The standard InChI is InChI=1S/C21H24N6O3/c1-13-6-7-19-22-10-17(27(13)19)16-4-3-5-18(23-16)24-20(28)15-11-26(25-21(15)29-2)14-8-9-30-12-14/h3-5,10-11,13-14H,6-9,12H2,1-2H3,(H,23,24,28)/t13-,14-/m0/s1. The maximum absolute atomic E-state index is 12.9. The van der Waals surface area contributed by atoms with Crippen molar-refractivity contribution < 1.29 is 14.3 Å². The Labute approximate surface area is 174 Å². The number of fused-ring (bicyclic) bond motifs is 1. The van der Waals surface area contributed by atoms with Crippen molar-refractivity contribution in [3.05, 3.63) is 42.0 Å². The molecule has 0 saturated carbocycles. The van der Waals surface area contributed by atoms with E-state index in [2.05, 4.69) is 31.9 Å². The molecule has 0 radical (unpaired) electrons. The molecule has 9 nitrogen and oxygen atoms in total. The average molecular weight is 408 g/mol. The molecule has 3 aromatic heterocycles. The highest BCUT2D eigenvalue weighted by molar-refractivity contribution is 6.05. The van der Waals surface area contributed by atoms with Gasteiger partial charge >= 0.3 is 0 Å². The van der Waals surface area contributed by atoms with Crippen LogP contribution in [0.2, 0.25) is 0 Å². The molecule has 0 aromatic carbocycles. The maximum atomic E-state index is 12.9. The van der Waals surface area contributed by atoms with Crippen molar-refractivity contribution in [3.63, 3.8) is 0 Å². The van der Waals surface area contributed by atoms with Gasteiger partial charge in [0.2, 0.25) is 5.88 Å². The van der Waals surface area contributed by atoms with Crippen molar-refractivity contribution in [2.24, 2.45) is 0 Å². The van der Waals surface area contributed by atoms with Crippen LogP contribution in [0.25, 0.3) is 11.4 Å². The van der Waals surface area contributed by atoms with Gasteiger partial charge in [0, 0.05) is 25.3 Å². The Kier molecular flexibility index (Phi) is 4.74. The molecule has 1 amide bonds. The highest BCUT2D eigenvalue weighted by Crippen LogP contribution is 2.32. The predicted molar refractivity (Wildman–Crippen MR) is 110 cm³/mol. The summed E-state index contributed by atoms with van der Waals surface area (Å²) in [7, 11) is 1.51. The molecular weight excluding hydrogens is 384 g/mol. The van der Waals surface area contributed by atoms with Crippen LogP contribution in [0, 0.1) is 0 Å². The van der Waals surface area contributed by atoms with Crippen LogP contribution in [-0.4, -0.2) is 50.5 Å². The summed E-state index contributed by atoms with van der Waals surface area (Å²) in [5.74, 6) is 1.53. The van der Waals surface area contributed by atoms with Gasteiger partial charge in [0.15, 0.2) is 0 Å². The molecule has 2 aliphatic heterocycles. The van der Waals surface area contributed by atoms with Crippen molar-refractivity contribution in [3.8, 4) is 17.3 Å². The summed E-state index contributed by atoms with van der Waals surface area (Å²) in [6.45, 7) is 3.47. The van der Waals surface area contributed by atoms with E-state index >= 15 is 0 Å². The van der Waals surface area contributed by atoms with E-state index in [0.717, 1.165) is 36.5 Å². The smallest absolute Gasteiger partial charge is 0.263 e. The van der Waals surface area contributed by atoms with Gasteiger partial charge in [-0.2, -0.15) is 0 Å². The predicted octanol–water partition coefficient (Wildman–Crippen LogP) is 2.87. The van der Waals surface area contributed by atoms with Crippen LogP contribution in [0.3, 0.4) is 0 Å². The van der Waals surface area contributed by atoms with Gasteiger partial charge in [-0.1, -0.05) is 6.07 Å². The van der Waals surface area contributed by atoms with Gasteiger partial charge in [-0.3, -0.25) is 9.48 Å². The fourth-order valence-corrected chi connectivity index (χ4v) is 4.16. The van der Waals surface area contributed by atoms with E-state index in [4.69, 9.17) is 9.47 Å². The van der Waals surface area contributed by atoms with Crippen LogP contribution in [0.4, 0.5) is 5.82 Å². The zero-order valence-electron chi connectivity index (χ0n) is 17.0. The third-order valence-electron chi connectivity index (χ3n) is 5.77. The second-order valence-corrected chi connectivity index (χ2v) is 7.73. The number of methoxy groups -OCH3 is 1. The number of nitrogens with zero attached hydrogens (tertiary/aromatic N) is 5. The lowest BCUT2D eigenvalue weighted by Gasteiger charge is -2.12. The lowest BCUT2D eigenvalue weighted by atomic mass is 10.2. The molecule has 30 heavy (non-hydrogen) atoms. The number of rotatable bonds is 5. The molecule has 2 aliphatic rings. The quantitative estimate of drug-likeness (QED) is 0.697. The fourth-order valence-electron chi connectivity index (χ4n) is 4.16. The molecule has 1 saturated heterocycles. The molecule has 5 rings (SSSR count). The van der Waals surface area contributed by atoms with Crippen LogP contribution >= 0.6 is 0 Å². The number of aromatic nitrogens is 5. The van der Waals surface area contributed by atoms with Crippen molar-refractivity contribution in [1.29, 1.82) is 0 Å². The molecule has 5 heterocycles. The third kappa shape index (κ3) is 3.24. The summed E-state index contributed by atoms with van der Waals surface area (Å²) in [5.41, 5.74) is 2.12. The van der Waals surface area contributed by atoms with Crippen LogP contribution in [-0.2, 0) is 11.2 Å². The lowest BCUT2D eigenvalue weighted by Crippen LogP contribution is -2.14. The largest absolute Gasteiger partial charge is 0.479 e. The van der Waals surface area contributed by atoms with Crippen molar-refractivity contribution in [1.82, 2.24) is 24.3 Å². The molecule has 0 spiro atoms. The third-order valence-corrected chi connectivity index (χ3v) is 5.77. The molecule has 0 unspecified atom stereocenters. The van der Waals surface area contributed by atoms with Crippen molar-refractivity contribution >= 4 is 11.7 Å². The zero-order chi connectivity index (χ0) is 20.7. The van der Waals surface area contributed by atoms with E-state index in [1.54, 1.807) is 16.9 Å². The monoisotopic (exact) mass is 408 g/mol. The van der Waals surface area contributed by atoms with E-state index in [1.165, 1.54) is 7.11 Å². The molecular formula is C21H24N6O3. The topological polar surface area (TPSA) is 96.1 Å². The molecule has 156 valence electrons. The first kappa shape index (κ1) is 18.8. The number of hydrogen-bond donors (Lipinski definition) is 1. The van der Waals surface area contributed by atoms with E-state index in [1.807, 2.05) is 18.3 Å². The summed E-state index contributed by atoms with van der Waals surface area (Å²) in [4.78, 5) is 22.1. The van der Waals surface area contributed by atoms with Gasteiger partial charge in [0.1, 0.15) is 17.2 Å². The number of imidazole rings is 1. The number of pyridine rings is 1. The highest BCUT2D eigenvalue weighted by atomic mass is 16.5. The summed E-state index contributed by atoms with van der Waals surface area (Å²) in [6.07, 6.45) is 6.50. The number of carbonyl (C=O) groups excluding carboxylic acids is 1. The number of aryl methyl sites for hydroxylation is 1. The lowest BCUT2D eigenvalue weighted by molar-refractivity contribution is 0.102. The van der Waals surface area contributed by atoms with E-state index in [0.29, 0.717) is 30.6 Å². The zero-order valence-corrected chi connectivity index (χ0v) is 17.0. The summed E-state index contributed by atoms with van der Waals surface area (Å²) in [6, 6.07) is 6.10. The van der Waals surface area contributed by atoms with Crippen molar-refractivity contribution in [2.75, 3.05) is 25.6 Å². The molecule has 9 heteroatoms. The first-order valence-corrected chi connectivity index (χ1v) is 10.2. The Balaban J connectivity index is 1.39. The van der Waals surface area contributed by atoms with Crippen molar-refractivity contribution in [2.45, 2.75) is 38.3 Å². The van der Waals surface area contributed by atoms with Crippen LogP contribution in [0.5, 0.6) is 5.88 Å². The molecule has 1 fully saturated rings. The van der Waals surface area contributed by atoms with Gasteiger partial charge in [-0.05, 0) is 31.9 Å². The van der Waals surface area contributed by atoms with Gasteiger partial charge < -0.3 is 19.4 Å². The Hall–Kier alpha value is -3.20. The van der Waals surface area contributed by atoms with Crippen LogP contribution in [0.15, 0.2) is 30.6 Å². The number of amides is 1. The first-order chi connectivity index (χ1) is 14.6. The molecule has 1 N–H and O–H groups in total. The Morgan fingerprint density at radius 2 is 2.23 bits per heavy atom. The summed E-state index contributed by atoms with van der Waals surface area (Å²) >= 11 is 0. The number of carbonyl (C=O) groups is 1. The second-order valence-electron chi connectivity index (χ2n) is 7.73. The minimum atomic E-state index is -0.312. The Morgan fingerprint density at radius 3 is 3.03 bits per heavy atom. The SMILES string of the molecule is COc1nn([C@H]2CCOC2)cc1C(=O)Nc1cccc(-c2cnc3n2[C@@H](C)CC3)n1. The summed E-state index contributed by atoms with van der Waals surface area (Å²) in [5, 5.41) is 7.27. The molecule has 2 atom stereocenters. The van der Waals surface area contributed by atoms with Gasteiger partial charge in [0.25, 0.3) is 5.91 Å². The molecule has 0 bridgehead atoms. The van der Waals surface area contributed by atoms with E-state index in [-0.39, 0.29) is 17.8 Å². The number of hydrogen-bond acceptors (Lipinski definition) is 6. The average Bonchev–Trinajstić information content (AvgIpc) is 3.53. The van der Waals surface area contributed by atoms with E-state index in [9.17, 15) is 4.79 Å². The Bertz CT molecular complexity index is 1080.